The molecule has 0 radical (unpaired) electrons. The first-order valence-corrected chi connectivity index (χ1v) is 5.58. The maximum atomic E-state index is 4.40. The average Bonchev–Trinajstić information content (AvgIpc) is 2.47. The Morgan fingerprint density at radius 3 is 2.50 bits per heavy atom. The van der Waals surface area contributed by atoms with Crippen LogP contribution in [0.1, 0.15) is 39.8 Å². The Balaban J connectivity index is 2.42. The number of hydrogen-bond donors (Lipinski definition) is 0. The highest BCUT2D eigenvalue weighted by Gasteiger charge is 2.02. The van der Waals surface area contributed by atoms with E-state index in [0.29, 0.717) is 5.92 Å². The molecule has 0 spiro atoms. The van der Waals surface area contributed by atoms with Crippen molar-refractivity contribution in [2.75, 3.05) is 0 Å². The molecule has 2 heteroatoms. The minimum absolute atomic E-state index is 0.696. The van der Waals surface area contributed by atoms with Gasteiger partial charge in [-0.15, -0.1) is 0 Å². The smallest absolute Gasteiger partial charge is 0.0949 e. The molecule has 0 unspecified atom stereocenters. The second-order valence-corrected chi connectivity index (χ2v) is 4.89. The molecule has 0 amide bonds. The van der Waals surface area contributed by atoms with E-state index in [9.17, 15) is 0 Å². The van der Waals surface area contributed by atoms with Crippen molar-refractivity contribution in [2.24, 2.45) is 11.8 Å². The molecule has 0 atom stereocenters. The van der Waals surface area contributed by atoms with Crippen molar-refractivity contribution >= 4 is 0 Å². The van der Waals surface area contributed by atoms with Crippen molar-refractivity contribution in [2.45, 2.75) is 47.1 Å². The maximum absolute atomic E-state index is 4.40. The van der Waals surface area contributed by atoms with Crippen LogP contribution in [0.2, 0.25) is 0 Å². The number of imidazole rings is 1. The molecule has 0 N–H and O–H groups in total. The van der Waals surface area contributed by atoms with Crippen LogP contribution in [0.15, 0.2) is 12.5 Å². The summed E-state index contributed by atoms with van der Waals surface area (Å²) in [7, 11) is 0. The van der Waals surface area contributed by atoms with Gasteiger partial charge in [0.15, 0.2) is 0 Å². The summed E-state index contributed by atoms with van der Waals surface area (Å²) in [6.45, 7) is 10.0. The maximum Gasteiger partial charge on any atom is 0.0949 e. The van der Waals surface area contributed by atoms with Gasteiger partial charge in [0, 0.05) is 12.7 Å². The molecule has 0 aliphatic heterocycles. The molecule has 80 valence electrons. The van der Waals surface area contributed by atoms with E-state index in [4.69, 9.17) is 0 Å². The van der Waals surface area contributed by atoms with E-state index in [2.05, 4.69) is 43.4 Å². The van der Waals surface area contributed by atoms with Crippen molar-refractivity contribution in [3.8, 4) is 0 Å². The molecule has 0 saturated heterocycles. The summed E-state index contributed by atoms with van der Waals surface area (Å²) < 4.78 is 2.19. The standard InChI is InChI=1S/C12H22N2/c1-10(2)5-6-12-8-14(9-13-12)7-11(3)4/h8-11H,5-7H2,1-4H3. The highest BCUT2D eigenvalue weighted by atomic mass is 15.0. The predicted octanol–water partition coefficient (Wildman–Crippen LogP) is 3.13. The Morgan fingerprint density at radius 1 is 1.21 bits per heavy atom. The predicted molar refractivity (Wildman–Crippen MR) is 60.2 cm³/mol. The molecular weight excluding hydrogens is 172 g/mol. The van der Waals surface area contributed by atoms with Crippen molar-refractivity contribution in [3.63, 3.8) is 0 Å². The number of nitrogens with zero attached hydrogens (tertiary/aromatic N) is 2. The van der Waals surface area contributed by atoms with Crippen LogP contribution in [0.3, 0.4) is 0 Å². The van der Waals surface area contributed by atoms with Crippen LogP contribution in [0.4, 0.5) is 0 Å². The summed E-state index contributed by atoms with van der Waals surface area (Å²) in [5.41, 5.74) is 1.24. The van der Waals surface area contributed by atoms with Gasteiger partial charge in [-0.2, -0.15) is 0 Å². The first-order valence-electron chi connectivity index (χ1n) is 5.58. The molecule has 0 saturated carbocycles. The third-order valence-electron chi connectivity index (χ3n) is 2.24. The van der Waals surface area contributed by atoms with Crippen LogP contribution in [-0.4, -0.2) is 9.55 Å². The normalized spacial score (nSPS) is 11.6. The molecule has 0 fully saturated rings. The fourth-order valence-electron chi connectivity index (χ4n) is 1.49. The van der Waals surface area contributed by atoms with Gasteiger partial charge in [0.1, 0.15) is 0 Å². The minimum Gasteiger partial charge on any atom is -0.337 e. The van der Waals surface area contributed by atoms with Gasteiger partial charge in [-0.25, -0.2) is 4.98 Å². The van der Waals surface area contributed by atoms with E-state index in [-0.39, 0.29) is 0 Å². The topological polar surface area (TPSA) is 17.8 Å². The molecule has 0 aliphatic rings. The Morgan fingerprint density at radius 2 is 1.93 bits per heavy atom. The highest BCUT2D eigenvalue weighted by Crippen LogP contribution is 2.08. The van der Waals surface area contributed by atoms with E-state index >= 15 is 0 Å². The zero-order valence-electron chi connectivity index (χ0n) is 9.83. The van der Waals surface area contributed by atoms with Gasteiger partial charge in [-0.05, 0) is 24.7 Å². The number of hydrogen-bond acceptors (Lipinski definition) is 1. The summed E-state index contributed by atoms with van der Waals surface area (Å²) in [6.07, 6.45) is 6.49. The molecule has 1 heterocycles. The molecule has 1 aromatic rings. The largest absolute Gasteiger partial charge is 0.337 e. The van der Waals surface area contributed by atoms with Gasteiger partial charge < -0.3 is 4.57 Å². The number of aryl methyl sites for hydroxylation is 1. The Labute approximate surface area is 87.4 Å². The fraction of sp³-hybridized carbons (Fsp3) is 0.750. The van der Waals surface area contributed by atoms with E-state index < -0.39 is 0 Å². The monoisotopic (exact) mass is 194 g/mol. The quantitative estimate of drug-likeness (QED) is 0.704. The van der Waals surface area contributed by atoms with Gasteiger partial charge >= 0.3 is 0 Å². The number of rotatable bonds is 5. The molecule has 1 aromatic heterocycles. The van der Waals surface area contributed by atoms with Crippen molar-refractivity contribution in [1.29, 1.82) is 0 Å². The van der Waals surface area contributed by atoms with E-state index in [0.717, 1.165) is 18.9 Å². The summed E-state index contributed by atoms with van der Waals surface area (Å²) in [6, 6.07) is 0. The number of aromatic nitrogens is 2. The van der Waals surface area contributed by atoms with Crippen molar-refractivity contribution in [3.05, 3.63) is 18.2 Å². The summed E-state index contributed by atoms with van der Waals surface area (Å²) >= 11 is 0. The zero-order valence-corrected chi connectivity index (χ0v) is 9.83. The second kappa shape index (κ2) is 5.18. The van der Waals surface area contributed by atoms with Crippen LogP contribution in [0, 0.1) is 11.8 Å². The van der Waals surface area contributed by atoms with Crippen molar-refractivity contribution in [1.82, 2.24) is 9.55 Å². The van der Waals surface area contributed by atoms with Gasteiger partial charge in [0.25, 0.3) is 0 Å². The first kappa shape index (κ1) is 11.3. The fourth-order valence-corrected chi connectivity index (χ4v) is 1.49. The third-order valence-corrected chi connectivity index (χ3v) is 2.24. The van der Waals surface area contributed by atoms with Crippen LogP contribution in [0.25, 0.3) is 0 Å². The van der Waals surface area contributed by atoms with Crippen LogP contribution < -0.4 is 0 Å². The SMILES string of the molecule is CC(C)CCc1cn(CC(C)C)cn1. The van der Waals surface area contributed by atoms with Gasteiger partial charge in [-0.3, -0.25) is 0 Å². The van der Waals surface area contributed by atoms with Crippen LogP contribution in [-0.2, 0) is 13.0 Å². The second-order valence-electron chi connectivity index (χ2n) is 4.89. The molecule has 0 aliphatic carbocycles. The lowest BCUT2D eigenvalue weighted by Crippen LogP contribution is -2.01. The summed E-state index contributed by atoms with van der Waals surface area (Å²) in [5, 5.41) is 0. The summed E-state index contributed by atoms with van der Waals surface area (Å²) in [5.74, 6) is 1.47. The lowest BCUT2D eigenvalue weighted by molar-refractivity contribution is 0.522. The van der Waals surface area contributed by atoms with E-state index in [1.54, 1.807) is 0 Å². The highest BCUT2D eigenvalue weighted by molar-refractivity contribution is 4.96. The summed E-state index contributed by atoms with van der Waals surface area (Å²) in [4.78, 5) is 4.40. The molecule has 1 rings (SSSR count). The molecule has 14 heavy (non-hydrogen) atoms. The average molecular weight is 194 g/mol. The van der Waals surface area contributed by atoms with Crippen LogP contribution in [0.5, 0.6) is 0 Å². The van der Waals surface area contributed by atoms with E-state index in [1.807, 2.05) is 6.33 Å². The Kier molecular flexibility index (Phi) is 4.18. The van der Waals surface area contributed by atoms with E-state index in [1.165, 1.54) is 12.1 Å². The Hall–Kier alpha value is -0.790. The Bertz CT molecular complexity index is 261. The third kappa shape index (κ3) is 3.95. The molecular formula is C12H22N2. The lowest BCUT2D eigenvalue weighted by Gasteiger charge is -2.04. The lowest BCUT2D eigenvalue weighted by atomic mass is 10.1. The molecule has 0 aromatic carbocycles. The van der Waals surface area contributed by atoms with Gasteiger partial charge in [0.2, 0.25) is 0 Å². The zero-order chi connectivity index (χ0) is 10.6. The van der Waals surface area contributed by atoms with Crippen LogP contribution >= 0.6 is 0 Å². The molecule has 0 bridgehead atoms. The minimum atomic E-state index is 0.696. The first-order chi connectivity index (χ1) is 6.58. The van der Waals surface area contributed by atoms with Crippen molar-refractivity contribution < 1.29 is 0 Å². The van der Waals surface area contributed by atoms with Gasteiger partial charge in [0.05, 0.1) is 12.0 Å². The van der Waals surface area contributed by atoms with Gasteiger partial charge in [-0.1, -0.05) is 27.7 Å². The molecule has 2 nitrogen and oxygen atoms in total.